The highest BCUT2D eigenvalue weighted by Gasteiger charge is 2.38. The maximum atomic E-state index is 14.2. The zero-order valence-corrected chi connectivity index (χ0v) is 27.6. The second kappa shape index (κ2) is 13.7. The van der Waals surface area contributed by atoms with Crippen molar-refractivity contribution in [2.45, 2.75) is 50.6 Å². The molecule has 3 atom stereocenters. The van der Waals surface area contributed by atoms with Crippen molar-refractivity contribution in [3.8, 4) is 5.75 Å². The SMILES string of the molecule is CCOP(=O)(O)Cc1ccc(Nc2ncc(C(F)(F)F)c(Nc3ccc(C4CC[C@H](C(=O)O)N(C)C4)c4c3C(=O)N(C)C4)n2)c(OC)c1. The average molecular weight is 693 g/mol. The maximum absolute atomic E-state index is 14.2. The van der Waals surface area contributed by atoms with E-state index in [4.69, 9.17) is 9.26 Å². The first-order valence-electron chi connectivity index (χ1n) is 15.1. The van der Waals surface area contributed by atoms with Gasteiger partial charge in [0.05, 0.1) is 36.8 Å². The number of piperidine rings is 1. The van der Waals surface area contributed by atoms with Gasteiger partial charge >= 0.3 is 19.7 Å². The molecule has 2 aromatic carbocycles. The second-order valence-electron chi connectivity index (χ2n) is 11.7. The van der Waals surface area contributed by atoms with E-state index in [1.807, 2.05) is 0 Å². The van der Waals surface area contributed by atoms with Gasteiger partial charge in [-0.1, -0.05) is 12.1 Å². The number of anilines is 4. The predicted molar refractivity (Wildman–Crippen MR) is 170 cm³/mol. The van der Waals surface area contributed by atoms with Gasteiger partial charge in [-0.2, -0.15) is 18.2 Å². The van der Waals surface area contributed by atoms with Crippen molar-refractivity contribution in [1.29, 1.82) is 0 Å². The summed E-state index contributed by atoms with van der Waals surface area (Å²) in [5.41, 5.74) is 1.43. The quantitative estimate of drug-likeness (QED) is 0.185. The number of likely N-dealkylation sites (N-methyl/N-ethyl adjacent to an activating group) is 1. The molecule has 2 aliphatic heterocycles. The molecule has 0 bridgehead atoms. The lowest BCUT2D eigenvalue weighted by Gasteiger charge is -2.35. The Bertz CT molecular complexity index is 1780. The molecule has 1 amide bonds. The zero-order chi connectivity index (χ0) is 35.0. The number of carbonyl (C=O) groups is 2. The number of alkyl halides is 3. The highest BCUT2D eigenvalue weighted by Crippen LogP contribution is 2.46. The van der Waals surface area contributed by atoms with E-state index in [0.717, 1.165) is 5.56 Å². The van der Waals surface area contributed by atoms with Crippen LogP contribution in [0, 0.1) is 0 Å². The van der Waals surface area contributed by atoms with Crippen LogP contribution in [0.15, 0.2) is 36.5 Å². The molecular weight excluding hydrogens is 656 g/mol. The molecule has 0 saturated carbocycles. The van der Waals surface area contributed by atoms with Gasteiger partial charge in [-0.25, -0.2) is 4.98 Å². The third kappa shape index (κ3) is 7.41. The third-order valence-corrected chi connectivity index (χ3v) is 9.86. The van der Waals surface area contributed by atoms with Gasteiger partial charge in [0.25, 0.3) is 5.91 Å². The summed E-state index contributed by atoms with van der Waals surface area (Å²) >= 11 is 0. The number of rotatable bonds is 11. The monoisotopic (exact) mass is 692 g/mol. The maximum Gasteiger partial charge on any atom is 0.421 e. The van der Waals surface area contributed by atoms with E-state index < -0.39 is 37.2 Å². The number of fused-ring (bicyclic) bond motifs is 1. The Labute approximate surface area is 274 Å². The normalized spacial score (nSPS) is 19.5. The molecule has 0 radical (unpaired) electrons. The molecule has 0 spiro atoms. The van der Waals surface area contributed by atoms with Gasteiger partial charge in [0.15, 0.2) is 0 Å². The van der Waals surface area contributed by atoms with Gasteiger partial charge in [-0.15, -0.1) is 0 Å². The van der Waals surface area contributed by atoms with Crippen LogP contribution >= 0.6 is 7.60 Å². The molecule has 13 nitrogen and oxygen atoms in total. The minimum Gasteiger partial charge on any atom is -0.495 e. The van der Waals surface area contributed by atoms with Crippen LogP contribution in [0.4, 0.5) is 36.3 Å². The number of nitrogens with one attached hydrogen (secondary N) is 2. The molecule has 17 heteroatoms. The number of nitrogens with zero attached hydrogens (tertiary/aromatic N) is 4. The fourth-order valence-electron chi connectivity index (χ4n) is 6.18. The number of carboxylic acid groups (broad SMARTS) is 1. The van der Waals surface area contributed by atoms with Gasteiger partial charge < -0.3 is 34.8 Å². The number of benzene rings is 2. The summed E-state index contributed by atoms with van der Waals surface area (Å²) in [6, 6.07) is 7.24. The van der Waals surface area contributed by atoms with E-state index in [9.17, 15) is 37.3 Å². The highest BCUT2D eigenvalue weighted by molar-refractivity contribution is 7.51. The van der Waals surface area contributed by atoms with Crippen LogP contribution in [0.5, 0.6) is 5.75 Å². The highest BCUT2D eigenvalue weighted by atomic mass is 31.2. The van der Waals surface area contributed by atoms with Gasteiger partial charge in [0.2, 0.25) is 5.95 Å². The summed E-state index contributed by atoms with van der Waals surface area (Å²) in [6.07, 6.45) is -3.49. The van der Waals surface area contributed by atoms with Crippen LogP contribution in [0.2, 0.25) is 0 Å². The van der Waals surface area contributed by atoms with Crippen molar-refractivity contribution < 1.29 is 46.6 Å². The van der Waals surface area contributed by atoms with Crippen LogP contribution in [0.25, 0.3) is 0 Å². The summed E-state index contributed by atoms with van der Waals surface area (Å²) in [5, 5.41) is 15.1. The molecular formula is C31H36F3N6O7P. The van der Waals surface area contributed by atoms with Crippen molar-refractivity contribution in [2.24, 2.45) is 0 Å². The Hall–Kier alpha value is -4.24. The van der Waals surface area contributed by atoms with Crippen LogP contribution in [0.3, 0.4) is 0 Å². The molecule has 2 aliphatic rings. The lowest BCUT2D eigenvalue weighted by atomic mass is 9.84. The number of methoxy groups -OCH3 is 1. The lowest BCUT2D eigenvalue weighted by Crippen LogP contribution is -2.44. The van der Waals surface area contributed by atoms with Crippen LogP contribution in [0.1, 0.15) is 58.3 Å². The number of likely N-dealkylation sites (tertiary alicyclic amines) is 1. The van der Waals surface area contributed by atoms with Crippen LogP contribution < -0.4 is 15.4 Å². The molecule has 1 saturated heterocycles. The van der Waals surface area contributed by atoms with Gasteiger partial charge in [0.1, 0.15) is 23.2 Å². The average Bonchev–Trinajstić information content (AvgIpc) is 3.31. The molecule has 5 rings (SSSR count). The fraction of sp³-hybridized carbons (Fsp3) is 0.419. The summed E-state index contributed by atoms with van der Waals surface area (Å²) < 4.78 is 65.1. The molecule has 258 valence electrons. The summed E-state index contributed by atoms with van der Waals surface area (Å²) in [7, 11) is 0.809. The van der Waals surface area contributed by atoms with Crippen LogP contribution in [-0.2, 0) is 32.8 Å². The molecule has 2 unspecified atom stereocenters. The molecule has 3 heterocycles. The lowest BCUT2D eigenvalue weighted by molar-refractivity contribution is -0.144. The van der Waals surface area contributed by atoms with E-state index in [2.05, 4.69) is 20.6 Å². The Morgan fingerprint density at radius 1 is 1.15 bits per heavy atom. The number of hydrogen-bond donors (Lipinski definition) is 4. The van der Waals surface area contributed by atoms with Gasteiger partial charge in [-0.05, 0) is 67.6 Å². The van der Waals surface area contributed by atoms with Crippen molar-refractivity contribution in [3.63, 3.8) is 0 Å². The Kier molecular flexibility index (Phi) is 10.0. The largest absolute Gasteiger partial charge is 0.495 e. The Morgan fingerprint density at radius 3 is 2.52 bits per heavy atom. The van der Waals surface area contributed by atoms with Crippen molar-refractivity contribution in [3.05, 3.63) is 64.3 Å². The molecule has 3 aromatic rings. The van der Waals surface area contributed by atoms with Crippen molar-refractivity contribution in [2.75, 3.05) is 45.0 Å². The number of aliphatic carboxylic acids is 1. The van der Waals surface area contributed by atoms with E-state index in [1.54, 1.807) is 38.1 Å². The number of carboxylic acids is 1. The predicted octanol–water partition coefficient (Wildman–Crippen LogP) is 5.56. The first-order chi connectivity index (χ1) is 22.6. The van der Waals surface area contributed by atoms with Gasteiger partial charge in [-0.3, -0.25) is 19.1 Å². The van der Waals surface area contributed by atoms with Crippen molar-refractivity contribution in [1.82, 2.24) is 19.8 Å². The van der Waals surface area contributed by atoms with Crippen LogP contribution in [-0.4, -0.2) is 82.0 Å². The minimum absolute atomic E-state index is 0.0527. The molecule has 0 aliphatic carbocycles. The Morgan fingerprint density at radius 2 is 1.88 bits per heavy atom. The number of amides is 1. The number of aromatic nitrogens is 2. The fourth-order valence-corrected chi connectivity index (χ4v) is 7.34. The first kappa shape index (κ1) is 35.1. The number of ether oxygens (including phenoxy) is 1. The van der Waals surface area contributed by atoms with E-state index in [1.165, 1.54) is 30.2 Å². The minimum atomic E-state index is -4.84. The standard InChI is InChI=1S/C31H36F3N6O7P/c1-5-47-48(44,45)16-17-6-9-22(25(12-17)46-4)37-30-35-13-21(31(32,33)34)27(38-30)36-23-10-8-19(20-15-40(3)28(41)26(20)23)18-7-11-24(29(42)43)39(2)14-18/h6,8-10,12-13,18,24H,5,7,11,14-16H2,1-4H3,(H,42,43)(H,44,45)(H2,35,36,37,38)/t18?,24-/m1/s1. The van der Waals surface area contributed by atoms with E-state index >= 15 is 0 Å². The third-order valence-electron chi connectivity index (χ3n) is 8.43. The second-order valence-corrected chi connectivity index (χ2v) is 13.6. The number of halogens is 3. The summed E-state index contributed by atoms with van der Waals surface area (Å²) in [4.78, 5) is 46.2. The molecule has 48 heavy (non-hydrogen) atoms. The topological polar surface area (TPSA) is 166 Å². The summed E-state index contributed by atoms with van der Waals surface area (Å²) in [5.74, 6) is -1.93. The molecule has 1 aromatic heterocycles. The van der Waals surface area contributed by atoms with E-state index in [0.29, 0.717) is 36.7 Å². The number of hydrogen-bond acceptors (Lipinski definition) is 10. The zero-order valence-electron chi connectivity index (χ0n) is 26.7. The Balaban J connectivity index is 1.47. The van der Waals surface area contributed by atoms with E-state index in [-0.39, 0.29) is 59.8 Å². The smallest absolute Gasteiger partial charge is 0.421 e. The van der Waals surface area contributed by atoms with Crippen molar-refractivity contribution >= 4 is 42.6 Å². The van der Waals surface area contributed by atoms with Gasteiger partial charge in [0, 0.05) is 26.3 Å². The summed E-state index contributed by atoms with van der Waals surface area (Å²) in [6.45, 7) is 2.34. The molecule has 4 N–H and O–H groups in total. The number of carbonyl (C=O) groups excluding carboxylic acids is 1. The molecule has 1 fully saturated rings. The first-order valence-corrected chi connectivity index (χ1v) is 16.8.